The molecule has 43 heavy (non-hydrogen) atoms. The number of aromatic nitrogens is 2. The van der Waals surface area contributed by atoms with Crippen LogP contribution in [0.1, 0.15) is 22.8 Å². The Hall–Kier alpha value is -5.14. The van der Waals surface area contributed by atoms with Crippen molar-refractivity contribution in [2.45, 2.75) is 19.1 Å². The number of halogens is 3. The Morgan fingerprint density at radius 2 is 1.67 bits per heavy atom. The Labute approximate surface area is 246 Å². The third kappa shape index (κ3) is 7.58. The molecule has 0 bridgehead atoms. The molecule has 1 aromatic heterocycles. The summed E-state index contributed by atoms with van der Waals surface area (Å²) in [5.41, 5.74) is 0.656. The van der Waals surface area contributed by atoms with Crippen LogP contribution in [0, 0.1) is 0 Å². The zero-order valence-electron chi connectivity index (χ0n) is 23.5. The molecule has 2 heterocycles. The lowest BCUT2D eigenvalue weighted by Gasteiger charge is -2.37. The first kappa shape index (κ1) is 30.8. The van der Waals surface area contributed by atoms with Gasteiger partial charge in [0.05, 0.1) is 11.3 Å². The Kier molecular flexibility index (Phi) is 9.48. The van der Waals surface area contributed by atoms with E-state index in [-0.39, 0.29) is 23.1 Å². The number of carbonyl (C=O) groups excluding carboxylic acids is 3. The van der Waals surface area contributed by atoms with Gasteiger partial charge in [-0.1, -0.05) is 18.7 Å². The number of piperazine rings is 1. The van der Waals surface area contributed by atoms with Crippen LogP contribution in [0.3, 0.4) is 0 Å². The van der Waals surface area contributed by atoms with Gasteiger partial charge in [-0.3, -0.25) is 14.4 Å². The number of nitrogens with one attached hydrogen (secondary N) is 4. The topological polar surface area (TPSA) is 132 Å². The summed E-state index contributed by atoms with van der Waals surface area (Å²) in [5.74, 6) is -1.64. The minimum Gasteiger partial charge on any atom is -0.368 e. The second kappa shape index (κ2) is 13.2. The monoisotopic (exact) mass is 596 g/mol. The average molecular weight is 597 g/mol. The number of carbonyl (C=O) groups is 3. The van der Waals surface area contributed by atoms with Crippen molar-refractivity contribution < 1.29 is 27.6 Å². The van der Waals surface area contributed by atoms with E-state index < -0.39 is 35.4 Å². The Balaban J connectivity index is 1.44. The van der Waals surface area contributed by atoms with Crippen molar-refractivity contribution in [3.8, 4) is 0 Å². The number of hydrogen-bond donors (Lipinski definition) is 4. The average Bonchev–Trinajstić information content (AvgIpc) is 3.00. The first-order valence-corrected chi connectivity index (χ1v) is 13.4. The van der Waals surface area contributed by atoms with Gasteiger partial charge >= 0.3 is 6.18 Å². The standard InChI is InChI=1S/C29H31F3N8O3/c1-4-24(41)35-18(2)27(43)40-15-13-39(14-16-40)20-11-9-19(10-12-20)36-28-34-17-22(29(30,31)32)25(38-28)37-23-8-6-5-7-21(23)26(42)33-3/h4-12,17-18H,1,13-16H2,2-3H3,(H,33,42)(H,35,41)(H2,34,36,37,38)/t18-/m1/s1. The van der Waals surface area contributed by atoms with Crippen molar-refractivity contribution in [3.63, 3.8) is 0 Å². The predicted molar refractivity (Wildman–Crippen MR) is 156 cm³/mol. The molecular formula is C29H31F3N8O3. The molecule has 226 valence electrons. The van der Waals surface area contributed by atoms with Gasteiger partial charge < -0.3 is 31.1 Å². The van der Waals surface area contributed by atoms with Crippen molar-refractivity contribution in [2.75, 3.05) is 48.8 Å². The lowest BCUT2D eigenvalue weighted by molar-refractivity contribution is -0.137. The Morgan fingerprint density at radius 1 is 1.00 bits per heavy atom. The SMILES string of the molecule is C=CC(=O)N[C@H](C)C(=O)N1CCN(c2ccc(Nc3ncc(C(F)(F)F)c(Nc4ccccc4C(=O)NC)n3)cc2)CC1. The quantitative estimate of drug-likeness (QED) is 0.275. The highest BCUT2D eigenvalue weighted by atomic mass is 19.4. The summed E-state index contributed by atoms with van der Waals surface area (Å²) in [6.45, 7) is 7.13. The van der Waals surface area contributed by atoms with Crippen molar-refractivity contribution in [3.05, 3.63) is 78.5 Å². The fourth-order valence-corrected chi connectivity index (χ4v) is 4.47. The number of anilines is 5. The van der Waals surface area contributed by atoms with Crippen LogP contribution >= 0.6 is 0 Å². The molecule has 0 aliphatic carbocycles. The highest BCUT2D eigenvalue weighted by Crippen LogP contribution is 2.36. The second-order valence-electron chi connectivity index (χ2n) is 9.62. The summed E-state index contributed by atoms with van der Waals surface area (Å²) in [5, 5.41) is 10.6. The lowest BCUT2D eigenvalue weighted by atomic mass is 10.1. The molecule has 2 aromatic carbocycles. The lowest BCUT2D eigenvalue weighted by Crippen LogP contribution is -2.54. The molecule has 0 spiro atoms. The van der Waals surface area contributed by atoms with E-state index in [1.54, 1.807) is 36.1 Å². The Morgan fingerprint density at radius 3 is 2.30 bits per heavy atom. The maximum Gasteiger partial charge on any atom is 0.421 e. The first-order chi connectivity index (χ1) is 20.5. The largest absolute Gasteiger partial charge is 0.421 e. The molecule has 1 fully saturated rings. The van der Waals surface area contributed by atoms with Crippen molar-refractivity contribution in [1.29, 1.82) is 0 Å². The minimum atomic E-state index is -4.74. The number of amides is 3. The fourth-order valence-electron chi connectivity index (χ4n) is 4.47. The van der Waals surface area contributed by atoms with Crippen molar-refractivity contribution >= 4 is 46.5 Å². The summed E-state index contributed by atoms with van der Waals surface area (Å²) < 4.78 is 41.3. The van der Waals surface area contributed by atoms with Gasteiger partial charge in [0.2, 0.25) is 17.8 Å². The first-order valence-electron chi connectivity index (χ1n) is 13.4. The Bertz CT molecular complexity index is 1490. The third-order valence-electron chi connectivity index (χ3n) is 6.74. The summed E-state index contributed by atoms with van der Waals surface area (Å²) in [6, 6.07) is 12.7. The van der Waals surface area contributed by atoms with Gasteiger partial charge in [-0.2, -0.15) is 18.2 Å². The molecule has 1 aliphatic rings. The maximum atomic E-state index is 13.8. The molecule has 4 N–H and O–H groups in total. The molecule has 1 aliphatic heterocycles. The smallest absolute Gasteiger partial charge is 0.368 e. The van der Waals surface area contributed by atoms with Crippen LogP contribution in [0.15, 0.2) is 67.4 Å². The number of alkyl halides is 3. The number of hydrogen-bond acceptors (Lipinski definition) is 8. The van der Waals surface area contributed by atoms with E-state index in [0.717, 1.165) is 11.8 Å². The van der Waals surface area contributed by atoms with E-state index in [1.165, 1.54) is 19.2 Å². The van der Waals surface area contributed by atoms with Crippen LogP contribution in [0.4, 0.5) is 42.0 Å². The minimum absolute atomic E-state index is 0.0783. The predicted octanol–water partition coefficient (Wildman–Crippen LogP) is 3.68. The van der Waals surface area contributed by atoms with Crippen molar-refractivity contribution in [1.82, 2.24) is 25.5 Å². The number of benzene rings is 2. The van der Waals surface area contributed by atoms with E-state index in [9.17, 15) is 27.6 Å². The van der Waals surface area contributed by atoms with E-state index >= 15 is 0 Å². The van der Waals surface area contributed by atoms with Crippen LogP contribution < -0.4 is 26.2 Å². The van der Waals surface area contributed by atoms with Crippen LogP contribution in [0.2, 0.25) is 0 Å². The number of rotatable bonds is 9. The zero-order valence-corrected chi connectivity index (χ0v) is 23.5. The molecule has 0 radical (unpaired) electrons. The molecule has 3 aromatic rings. The van der Waals surface area contributed by atoms with E-state index in [2.05, 4.69) is 42.7 Å². The molecule has 3 amide bonds. The van der Waals surface area contributed by atoms with Crippen LogP contribution in [-0.4, -0.2) is 71.9 Å². The maximum absolute atomic E-state index is 13.8. The van der Waals surface area contributed by atoms with Gasteiger partial charge in [0, 0.05) is 50.8 Å². The van der Waals surface area contributed by atoms with Gasteiger partial charge in [-0.15, -0.1) is 0 Å². The fraction of sp³-hybridized carbons (Fsp3) is 0.276. The second-order valence-corrected chi connectivity index (χ2v) is 9.62. The van der Waals surface area contributed by atoms with Crippen LogP contribution in [0.25, 0.3) is 0 Å². The van der Waals surface area contributed by atoms with Gasteiger partial charge in [0.25, 0.3) is 5.91 Å². The van der Waals surface area contributed by atoms with Gasteiger partial charge in [-0.25, -0.2) is 4.98 Å². The zero-order chi connectivity index (χ0) is 31.1. The molecule has 4 rings (SSSR count). The normalized spacial score (nSPS) is 14.0. The summed E-state index contributed by atoms with van der Waals surface area (Å²) >= 11 is 0. The molecule has 11 nitrogen and oxygen atoms in total. The summed E-state index contributed by atoms with van der Waals surface area (Å²) in [4.78, 5) is 48.1. The molecule has 1 atom stereocenters. The van der Waals surface area contributed by atoms with Crippen molar-refractivity contribution in [2.24, 2.45) is 0 Å². The third-order valence-corrected chi connectivity index (χ3v) is 6.74. The molecule has 0 saturated carbocycles. The molecule has 0 unspecified atom stereocenters. The molecule has 1 saturated heterocycles. The molecule has 14 heteroatoms. The highest BCUT2D eigenvalue weighted by Gasteiger charge is 2.35. The molecular weight excluding hydrogens is 565 g/mol. The van der Waals surface area contributed by atoms with E-state index in [0.29, 0.717) is 38.1 Å². The number of para-hydroxylation sites is 1. The number of nitrogens with zero attached hydrogens (tertiary/aromatic N) is 4. The summed E-state index contributed by atoms with van der Waals surface area (Å²) in [7, 11) is 1.42. The summed E-state index contributed by atoms with van der Waals surface area (Å²) in [6.07, 6.45) is -2.94. The van der Waals surface area contributed by atoms with Gasteiger partial charge in [-0.05, 0) is 49.4 Å². The van der Waals surface area contributed by atoms with Gasteiger partial charge in [0.15, 0.2) is 0 Å². The van der Waals surface area contributed by atoms with Gasteiger partial charge in [0.1, 0.15) is 17.4 Å². The van der Waals surface area contributed by atoms with E-state index in [1.807, 2.05) is 12.1 Å². The highest BCUT2D eigenvalue weighted by molar-refractivity contribution is 6.00. The van der Waals surface area contributed by atoms with Crippen LogP contribution in [0.5, 0.6) is 0 Å². The van der Waals surface area contributed by atoms with Crippen LogP contribution in [-0.2, 0) is 15.8 Å². The van der Waals surface area contributed by atoms with E-state index in [4.69, 9.17) is 0 Å².